The molecule has 1 heterocycles. The first-order valence-corrected chi connectivity index (χ1v) is 12.4. The van der Waals surface area contributed by atoms with Crippen LogP contribution in [0.15, 0.2) is 72.8 Å². The summed E-state index contributed by atoms with van der Waals surface area (Å²) in [6.07, 6.45) is 0.190. The van der Waals surface area contributed by atoms with Crippen LogP contribution in [0.5, 0.6) is 0 Å². The molecule has 2 N–H and O–H groups in total. The van der Waals surface area contributed by atoms with E-state index in [1.165, 1.54) is 4.90 Å². The van der Waals surface area contributed by atoms with Gasteiger partial charge in [0, 0.05) is 17.5 Å². The summed E-state index contributed by atoms with van der Waals surface area (Å²) in [5, 5.41) is 21.6. The average Bonchev–Trinajstić information content (AvgIpc) is 3.43. The molecule has 1 fully saturated rings. The van der Waals surface area contributed by atoms with Gasteiger partial charge in [0.2, 0.25) is 0 Å². The average molecular weight is 504 g/mol. The third kappa shape index (κ3) is 4.37. The summed E-state index contributed by atoms with van der Waals surface area (Å²) in [7, 11) is 0. The number of ketones is 1. The summed E-state index contributed by atoms with van der Waals surface area (Å²) in [5.41, 5.74) is 3.37. The lowest BCUT2D eigenvalue weighted by molar-refractivity contribution is -0.129. The van der Waals surface area contributed by atoms with E-state index in [1.54, 1.807) is 24.3 Å². The summed E-state index contributed by atoms with van der Waals surface area (Å²) in [6.45, 7) is -0.566. The van der Waals surface area contributed by atoms with Crippen LogP contribution in [0.25, 0.3) is 11.1 Å². The maximum Gasteiger partial charge on any atom is 0.261 e. The summed E-state index contributed by atoms with van der Waals surface area (Å²) in [6, 6.07) is 21.7. The number of carbonyl (C=O) groups is 3. The lowest BCUT2D eigenvalue weighted by Crippen LogP contribution is -2.39. The first-order valence-electron chi connectivity index (χ1n) is 12.0. The van der Waals surface area contributed by atoms with Gasteiger partial charge in [-0.25, -0.2) is 0 Å². The third-order valence-corrected chi connectivity index (χ3v) is 7.75. The number of aliphatic hydroxyl groups is 2. The largest absolute Gasteiger partial charge is 0.389 e. The molecular formula is C29H26ClNO5. The Bertz CT molecular complexity index is 1270. The number of halogens is 1. The number of hydrogen-bond acceptors (Lipinski definition) is 5. The zero-order chi connectivity index (χ0) is 25.4. The molecule has 0 radical (unpaired) electrons. The Morgan fingerprint density at radius 1 is 0.889 bits per heavy atom. The van der Waals surface area contributed by atoms with Crippen molar-refractivity contribution in [2.75, 3.05) is 13.2 Å². The normalized spacial score (nSPS) is 22.1. The summed E-state index contributed by atoms with van der Waals surface area (Å²) in [5.74, 6) is -2.53. The SMILES string of the molecule is O=C(CO)C1[C@H](CN2C(=O)c3ccccc3C2=O)CC[C@@H]1C(O)c1ccc(-c2ccc(Cl)cc2)cc1. The molecule has 0 bridgehead atoms. The maximum absolute atomic E-state index is 12.9. The van der Waals surface area contributed by atoms with Crippen molar-refractivity contribution >= 4 is 29.2 Å². The Labute approximate surface area is 214 Å². The van der Waals surface area contributed by atoms with Crippen molar-refractivity contribution in [3.05, 3.63) is 94.5 Å². The highest BCUT2D eigenvalue weighted by Crippen LogP contribution is 2.45. The molecule has 184 valence electrons. The van der Waals surface area contributed by atoms with Gasteiger partial charge in [-0.05, 0) is 65.6 Å². The van der Waals surface area contributed by atoms with Gasteiger partial charge in [0.15, 0.2) is 5.78 Å². The van der Waals surface area contributed by atoms with Crippen LogP contribution in [0.4, 0.5) is 0 Å². The van der Waals surface area contributed by atoms with E-state index in [0.717, 1.165) is 11.1 Å². The number of nitrogens with zero attached hydrogens (tertiary/aromatic N) is 1. The fraction of sp³-hybridized carbons (Fsp3) is 0.276. The van der Waals surface area contributed by atoms with E-state index in [0.29, 0.717) is 34.6 Å². The lowest BCUT2D eigenvalue weighted by Gasteiger charge is -2.29. The maximum atomic E-state index is 12.9. The Kier molecular flexibility index (Phi) is 6.75. The number of Topliss-reactive ketones (excluding diaryl/α,β-unsaturated/α-hetero) is 1. The summed E-state index contributed by atoms with van der Waals surface area (Å²) >= 11 is 5.98. The number of amides is 2. The molecule has 1 aliphatic carbocycles. The van der Waals surface area contributed by atoms with E-state index in [2.05, 4.69) is 0 Å². The molecule has 5 rings (SSSR count). The van der Waals surface area contributed by atoms with Crippen LogP contribution in [0.2, 0.25) is 5.02 Å². The molecule has 36 heavy (non-hydrogen) atoms. The van der Waals surface area contributed by atoms with Gasteiger partial charge in [0.1, 0.15) is 6.61 Å². The predicted molar refractivity (Wildman–Crippen MR) is 135 cm³/mol. The minimum atomic E-state index is -0.919. The van der Waals surface area contributed by atoms with Crippen molar-refractivity contribution in [2.45, 2.75) is 18.9 Å². The van der Waals surface area contributed by atoms with Gasteiger partial charge >= 0.3 is 0 Å². The molecule has 1 aliphatic heterocycles. The zero-order valence-electron chi connectivity index (χ0n) is 19.5. The van der Waals surface area contributed by atoms with Crippen molar-refractivity contribution < 1.29 is 24.6 Å². The minimum Gasteiger partial charge on any atom is -0.389 e. The Morgan fingerprint density at radius 2 is 1.44 bits per heavy atom. The standard InChI is InChI=1S/C29H26ClNO5/c30-21-12-9-18(10-13-21)17-5-7-19(8-6-17)27(34)24-14-11-20(26(24)25(33)16-32)15-31-28(35)22-3-1-2-4-23(22)29(31)36/h1-10,12-13,20,24,26-27,32,34H,11,14-16H2/t20-,24-,26?,27?/m0/s1. The predicted octanol–water partition coefficient (Wildman–Crippen LogP) is 4.54. The van der Waals surface area contributed by atoms with Gasteiger partial charge in [-0.2, -0.15) is 0 Å². The molecule has 0 spiro atoms. The monoisotopic (exact) mass is 503 g/mol. The van der Waals surface area contributed by atoms with Gasteiger partial charge in [-0.3, -0.25) is 19.3 Å². The van der Waals surface area contributed by atoms with E-state index in [1.807, 2.05) is 48.5 Å². The van der Waals surface area contributed by atoms with Gasteiger partial charge < -0.3 is 10.2 Å². The summed E-state index contributed by atoms with van der Waals surface area (Å²) < 4.78 is 0. The number of aliphatic hydroxyl groups excluding tert-OH is 2. The molecule has 0 saturated heterocycles. The topological polar surface area (TPSA) is 94.9 Å². The highest BCUT2D eigenvalue weighted by atomic mass is 35.5. The van der Waals surface area contributed by atoms with Crippen molar-refractivity contribution in [3.63, 3.8) is 0 Å². The Balaban J connectivity index is 1.35. The highest BCUT2D eigenvalue weighted by molar-refractivity contribution is 6.30. The quantitative estimate of drug-likeness (QED) is 0.461. The fourth-order valence-corrected chi connectivity index (χ4v) is 5.81. The van der Waals surface area contributed by atoms with Gasteiger partial charge in [0.05, 0.1) is 17.2 Å². The van der Waals surface area contributed by atoms with Crippen LogP contribution in [-0.2, 0) is 4.79 Å². The van der Waals surface area contributed by atoms with Gasteiger partial charge in [-0.15, -0.1) is 0 Å². The first kappa shape index (κ1) is 24.4. The molecule has 2 aliphatic rings. The van der Waals surface area contributed by atoms with E-state index in [9.17, 15) is 24.6 Å². The molecule has 6 nitrogen and oxygen atoms in total. The fourth-order valence-electron chi connectivity index (χ4n) is 5.68. The van der Waals surface area contributed by atoms with E-state index < -0.39 is 24.5 Å². The van der Waals surface area contributed by atoms with Crippen molar-refractivity contribution in [3.8, 4) is 11.1 Å². The Morgan fingerprint density at radius 3 is 2.00 bits per heavy atom. The van der Waals surface area contributed by atoms with E-state index in [4.69, 9.17) is 11.6 Å². The molecule has 1 saturated carbocycles. The number of fused-ring (bicyclic) bond motifs is 1. The van der Waals surface area contributed by atoms with E-state index >= 15 is 0 Å². The molecular weight excluding hydrogens is 478 g/mol. The second kappa shape index (κ2) is 9.97. The molecule has 2 unspecified atom stereocenters. The van der Waals surface area contributed by atoms with Crippen LogP contribution in [0, 0.1) is 17.8 Å². The summed E-state index contributed by atoms with van der Waals surface area (Å²) in [4.78, 5) is 39.7. The second-order valence-electron chi connectivity index (χ2n) is 9.49. The van der Waals surface area contributed by atoms with Gasteiger partial charge in [0.25, 0.3) is 11.8 Å². The van der Waals surface area contributed by atoms with Crippen LogP contribution >= 0.6 is 11.6 Å². The molecule has 3 aromatic carbocycles. The molecule has 4 atom stereocenters. The van der Waals surface area contributed by atoms with Crippen molar-refractivity contribution in [1.82, 2.24) is 4.90 Å². The van der Waals surface area contributed by atoms with Crippen LogP contribution in [0.3, 0.4) is 0 Å². The highest BCUT2D eigenvalue weighted by Gasteiger charge is 2.47. The van der Waals surface area contributed by atoms with Crippen molar-refractivity contribution in [2.24, 2.45) is 17.8 Å². The molecule has 3 aromatic rings. The van der Waals surface area contributed by atoms with Crippen LogP contribution < -0.4 is 0 Å². The minimum absolute atomic E-state index is 0.0848. The van der Waals surface area contributed by atoms with E-state index in [-0.39, 0.29) is 30.1 Å². The molecule has 0 aromatic heterocycles. The number of imide groups is 1. The lowest BCUT2D eigenvalue weighted by atomic mass is 9.80. The third-order valence-electron chi connectivity index (χ3n) is 7.50. The van der Waals surface area contributed by atoms with Crippen LogP contribution in [-0.4, -0.2) is 45.9 Å². The van der Waals surface area contributed by atoms with Gasteiger partial charge in [-0.1, -0.05) is 60.1 Å². The second-order valence-corrected chi connectivity index (χ2v) is 9.93. The zero-order valence-corrected chi connectivity index (χ0v) is 20.3. The number of rotatable bonds is 7. The Hall–Kier alpha value is -3.32. The number of benzene rings is 3. The first-order chi connectivity index (χ1) is 17.4. The molecule has 2 amide bonds. The van der Waals surface area contributed by atoms with Crippen molar-refractivity contribution in [1.29, 1.82) is 0 Å². The molecule has 7 heteroatoms. The number of hydrogen-bond donors (Lipinski definition) is 2. The smallest absolute Gasteiger partial charge is 0.261 e. The number of carbonyl (C=O) groups excluding carboxylic acids is 3. The van der Waals surface area contributed by atoms with Crippen LogP contribution in [0.1, 0.15) is 45.2 Å².